The molecule has 0 aliphatic heterocycles. The summed E-state index contributed by atoms with van der Waals surface area (Å²) in [5.74, 6) is -3.03. The molecule has 0 radical (unpaired) electrons. The van der Waals surface area contributed by atoms with Gasteiger partial charge in [0.2, 0.25) is 6.04 Å². The fourth-order valence-electron chi connectivity index (χ4n) is 0.963. The summed E-state index contributed by atoms with van der Waals surface area (Å²) < 4.78 is 0. The zero-order valence-corrected chi connectivity index (χ0v) is 10.2. The minimum absolute atomic E-state index is 0.134. The van der Waals surface area contributed by atoms with Crippen molar-refractivity contribution in [1.82, 2.24) is 10.2 Å². The molecule has 0 aromatic heterocycles. The van der Waals surface area contributed by atoms with Gasteiger partial charge in [0, 0.05) is 24.8 Å². The van der Waals surface area contributed by atoms with E-state index in [1.165, 1.54) is 0 Å². The van der Waals surface area contributed by atoms with Gasteiger partial charge in [-0.25, -0.2) is 14.4 Å². The van der Waals surface area contributed by atoms with Crippen LogP contribution in [0.3, 0.4) is 0 Å². The Labute approximate surface area is 107 Å². The third kappa shape index (κ3) is 5.60. The number of urea groups is 1. The van der Waals surface area contributed by atoms with Crippen molar-refractivity contribution in [2.45, 2.75) is 6.04 Å². The molecule has 0 aromatic rings. The smallest absolute Gasteiger partial charge is 0.338 e. The molecule has 0 saturated carbocycles. The van der Waals surface area contributed by atoms with Crippen molar-refractivity contribution in [1.29, 1.82) is 0 Å². The summed E-state index contributed by atoms with van der Waals surface area (Å²) in [6, 6.07) is -2.82. The number of rotatable bonds is 7. The van der Waals surface area contributed by atoms with E-state index in [-0.39, 0.29) is 24.8 Å². The average molecular weight is 287 g/mol. The molecule has 0 unspecified atom stereocenters. The minimum atomic E-state index is -1.99. The number of carbonyl (C=O) groups is 3. The van der Waals surface area contributed by atoms with Crippen molar-refractivity contribution < 1.29 is 24.6 Å². The number of nitrogens with zero attached hydrogens (tertiary/aromatic N) is 1. The summed E-state index contributed by atoms with van der Waals surface area (Å²) in [5, 5.41) is 19.0. The fraction of sp³-hybridized carbons (Fsp3) is 0.625. The van der Waals surface area contributed by atoms with Crippen LogP contribution in [0.2, 0.25) is 0 Å². The van der Waals surface area contributed by atoms with Crippen LogP contribution in [-0.4, -0.2) is 64.0 Å². The van der Waals surface area contributed by atoms with E-state index in [1.807, 2.05) is 5.32 Å². The molecule has 17 heavy (non-hydrogen) atoms. The Balaban J connectivity index is 4.55. The molecule has 0 saturated heterocycles. The first-order valence-electron chi connectivity index (χ1n) is 4.57. The Kier molecular flexibility index (Phi) is 7.40. The maximum absolute atomic E-state index is 11.5. The average Bonchev–Trinajstić information content (AvgIpc) is 2.24. The standard InChI is InChI=1S/C8H12Cl2N2O5/c9-1-3-12(4-2-10)8(17)11-5(6(13)14)7(15)16/h5H,1-4H2,(H,11,17)(H,13,14)(H,15,16). The van der Waals surface area contributed by atoms with E-state index in [0.717, 1.165) is 4.90 Å². The molecule has 3 N–H and O–H groups in total. The van der Waals surface area contributed by atoms with Crippen molar-refractivity contribution in [2.75, 3.05) is 24.8 Å². The molecule has 0 aliphatic rings. The molecule has 0 aromatic carbocycles. The second-order valence-corrected chi connectivity index (χ2v) is 3.68. The molecule has 9 heteroatoms. The molecule has 0 atom stereocenters. The lowest BCUT2D eigenvalue weighted by Crippen LogP contribution is -2.52. The van der Waals surface area contributed by atoms with E-state index in [1.54, 1.807) is 0 Å². The Morgan fingerprint density at radius 3 is 1.76 bits per heavy atom. The number of hydrogen-bond acceptors (Lipinski definition) is 3. The highest BCUT2D eigenvalue weighted by atomic mass is 35.5. The van der Waals surface area contributed by atoms with Crippen molar-refractivity contribution in [3.8, 4) is 0 Å². The van der Waals surface area contributed by atoms with Crippen LogP contribution in [0.4, 0.5) is 4.79 Å². The summed E-state index contributed by atoms with van der Waals surface area (Å²) >= 11 is 10.9. The highest BCUT2D eigenvalue weighted by Gasteiger charge is 2.29. The lowest BCUT2D eigenvalue weighted by Gasteiger charge is -2.22. The zero-order valence-electron chi connectivity index (χ0n) is 8.73. The molecule has 0 rings (SSSR count). The molecule has 0 spiro atoms. The first-order valence-corrected chi connectivity index (χ1v) is 5.64. The van der Waals surface area contributed by atoms with Crippen LogP contribution >= 0.6 is 23.2 Å². The van der Waals surface area contributed by atoms with Gasteiger partial charge in [0.1, 0.15) is 0 Å². The van der Waals surface area contributed by atoms with Crippen LogP contribution in [0, 0.1) is 0 Å². The second-order valence-electron chi connectivity index (χ2n) is 2.92. The number of carboxylic acid groups (broad SMARTS) is 2. The van der Waals surface area contributed by atoms with E-state index in [0.29, 0.717) is 0 Å². The van der Waals surface area contributed by atoms with Gasteiger partial charge in [-0.2, -0.15) is 0 Å². The third-order valence-corrected chi connectivity index (χ3v) is 2.10. The Morgan fingerprint density at radius 2 is 1.47 bits per heavy atom. The molecular formula is C8H12Cl2N2O5. The first kappa shape index (κ1) is 15.8. The van der Waals surface area contributed by atoms with Crippen LogP contribution < -0.4 is 5.32 Å². The highest BCUT2D eigenvalue weighted by Crippen LogP contribution is 1.95. The minimum Gasteiger partial charge on any atom is -0.479 e. The summed E-state index contributed by atoms with van der Waals surface area (Å²) in [7, 11) is 0. The largest absolute Gasteiger partial charge is 0.479 e. The third-order valence-electron chi connectivity index (χ3n) is 1.76. The Bertz CT molecular complexity index is 280. The monoisotopic (exact) mass is 286 g/mol. The van der Waals surface area contributed by atoms with Crippen molar-refractivity contribution >= 4 is 41.2 Å². The molecule has 0 fully saturated rings. The van der Waals surface area contributed by atoms with Crippen LogP contribution in [0.25, 0.3) is 0 Å². The van der Waals surface area contributed by atoms with Gasteiger partial charge in [-0.1, -0.05) is 0 Å². The van der Waals surface area contributed by atoms with E-state index in [9.17, 15) is 14.4 Å². The van der Waals surface area contributed by atoms with Crippen molar-refractivity contribution in [3.63, 3.8) is 0 Å². The van der Waals surface area contributed by atoms with Crippen LogP contribution in [0.5, 0.6) is 0 Å². The number of nitrogens with one attached hydrogen (secondary N) is 1. The molecule has 0 aliphatic carbocycles. The van der Waals surface area contributed by atoms with Crippen molar-refractivity contribution in [3.05, 3.63) is 0 Å². The fourth-order valence-corrected chi connectivity index (χ4v) is 1.37. The summed E-state index contributed by atoms with van der Waals surface area (Å²) in [5.41, 5.74) is 0. The van der Waals surface area contributed by atoms with Gasteiger partial charge in [-0.3, -0.25) is 0 Å². The maximum atomic E-state index is 11.5. The number of amides is 2. The molecular weight excluding hydrogens is 275 g/mol. The predicted octanol–water partition coefficient (Wildman–Crippen LogP) is 0.0134. The first-order chi connectivity index (χ1) is 7.93. The summed E-state index contributed by atoms with van der Waals surface area (Å²) in [6.07, 6.45) is 0. The van der Waals surface area contributed by atoms with Gasteiger partial charge < -0.3 is 20.4 Å². The number of halogens is 2. The Morgan fingerprint density at radius 1 is 1.06 bits per heavy atom. The van der Waals surface area contributed by atoms with Gasteiger partial charge in [0.15, 0.2) is 0 Å². The number of aliphatic carboxylic acids is 2. The van der Waals surface area contributed by atoms with Crippen LogP contribution in [-0.2, 0) is 9.59 Å². The lowest BCUT2D eigenvalue weighted by molar-refractivity contribution is -0.150. The van der Waals surface area contributed by atoms with Gasteiger partial charge >= 0.3 is 18.0 Å². The maximum Gasteiger partial charge on any atom is 0.338 e. The normalized spacial score (nSPS) is 10.1. The predicted molar refractivity (Wildman–Crippen MR) is 60.6 cm³/mol. The second kappa shape index (κ2) is 7.97. The quantitative estimate of drug-likeness (QED) is 0.452. The van der Waals surface area contributed by atoms with E-state index >= 15 is 0 Å². The van der Waals surface area contributed by atoms with Gasteiger partial charge in [-0.15, -0.1) is 23.2 Å². The van der Waals surface area contributed by atoms with Crippen LogP contribution in [0.15, 0.2) is 0 Å². The molecule has 7 nitrogen and oxygen atoms in total. The number of carboxylic acids is 2. The lowest BCUT2D eigenvalue weighted by atomic mass is 10.3. The van der Waals surface area contributed by atoms with E-state index in [4.69, 9.17) is 33.4 Å². The van der Waals surface area contributed by atoms with E-state index < -0.39 is 24.0 Å². The van der Waals surface area contributed by atoms with Gasteiger partial charge in [-0.05, 0) is 0 Å². The van der Waals surface area contributed by atoms with Gasteiger partial charge in [0.25, 0.3) is 0 Å². The topological polar surface area (TPSA) is 107 Å². The highest BCUT2D eigenvalue weighted by molar-refractivity contribution is 6.18. The number of hydrogen-bond donors (Lipinski definition) is 3. The molecule has 0 bridgehead atoms. The molecule has 2 amide bonds. The molecule has 98 valence electrons. The number of alkyl halides is 2. The van der Waals surface area contributed by atoms with Gasteiger partial charge in [0.05, 0.1) is 0 Å². The summed E-state index contributed by atoms with van der Waals surface area (Å²) in [6.45, 7) is 0.290. The van der Waals surface area contributed by atoms with Crippen molar-refractivity contribution in [2.24, 2.45) is 0 Å². The molecule has 0 heterocycles. The van der Waals surface area contributed by atoms with E-state index in [2.05, 4.69) is 0 Å². The van der Waals surface area contributed by atoms with Crippen LogP contribution in [0.1, 0.15) is 0 Å². The zero-order chi connectivity index (χ0) is 13.4. The number of carbonyl (C=O) groups excluding carboxylic acids is 1. The SMILES string of the molecule is O=C(O)C(NC(=O)N(CCCl)CCCl)C(=O)O. The summed E-state index contributed by atoms with van der Waals surface area (Å²) in [4.78, 5) is 33.7. The Hall–Kier alpha value is -1.21.